The number of amides is 1. The summed E-state index contributed by atoms with van der Waals surface area (Å²) in [7, 11) is 0. The number of aromatic nitrogens is 2. The molecule has 6 heteroatoms. The van der Waals surface area contributed by atoms with Crippen molar-refractivity contribution in [3.8, 4) is 0 Å². The van der Waals surface area contributed by atoms with Gasteiger partial charge in [-0.1, -0.05) is 25.1 Å². The molecule has 0 unspecified atom stereocenters. The highest BCUT2D eigenvalue weighted by atomic mass is 19.1. The van der Waals surface area contributed by atoms with Gasteiger partial charge in [-0.3, -0.25) is 14.2 Å². The van der Waals surface area contributed by atoms with Crippen LogP contribution in [0.15, 0.2) is 53.5 Å². The maximum Gasteiger partial charge on any atom is 0.265 e. The van der Waals surface area contributed by atoms with Crippen LogP contribution in [0.25, 0.3) is 11.0 Å². The second-order valence-electron chi connectivity index (χ2n) is 7.51. The third kappa shape index (κ3) is 3.67. The lowest BCUT2D eigenvalue weighted by Crippen LogP contribution is -2.45. The monoisotopic (exact) mass is 393 g/mol. The van der Waals surface area contributed by atoms with E-state index in [4.69, 9.17) is 0 Å². The summed E-state index contributed by atoms with van der Waals surface area (Å²) >= 11 is 0. The first-order valence-corrected chi connectivity index (χ1v) is 10.1. The van der Waals surface area contributed by atoms with E-state index in [0.717, 1.165) is 25.7 Å². The van der Waals surface area contributed by atoms with E-state index in [1.54, 1.807) is 36.5 Å². The molecule has 0 spiro atoms. The molecule has 0 radical (unpaired) electrons. The zero-order valence-corrected chi connectivity index (χ0v) is 16.5. The lowest BCUT2D eigenvalue weighted by Gasteiger charge is -2.35. The highest BCUT2D eigenvalue weighted by molar-refractivity contribution is 5.97. The average molecular weight is 393 g/mol. The van der Waals surface area contributed by atoms with Crippen LogP contribution in [0.1, 0.15) is 48.5 Å². The molecule has 3 aromatic rings. The first-order valence-electron chi connectivity index (χ1n) is 10.1. The molecule has 5 nitrogen and oxygen atoms in total. The summed E-state index contributed by atoms with van der Waals surface area (Å²) < 4.78 is 15.7. The third-order valence-electron chi connectivity index (χ3n) is 5.72. The Balaban J connectivity index is 1.83. The molecule has 1 saturated heterocycles. The van der Waals surface area contributed by atoms with E-state index in [9.17, 15) is 14.0 Å². The van der Waals surface area contributed by atoms with Crippen molar-refractivity contribution < 1.29 is 9.18 Å². The van der Waals surface area contributed by atoms with Crippen molar-refractivity contribution in [2.75, 3.05) is 6.54 Å². The minimum Gasteiger partial charge on any atom is -0.336 e. The molecule has 3 heterocycles. The molecule has 1 aromatic carbocycles. The molecule has 0 bridgehead atoms. The Morgan fingerprint density at radius 2 is 2.03 bits per heavy atom. The van der Waals surface area contributed by atoms with Gasteiger partial charge in [-0.2, -0.15) is 0 Å². The van der Waals surface area contributed by atoms with Gasteiger partial charge in [-0.05, 0) is 49.9 Å². The molecule has 0 saturated carbocycles. The number of nitrogens with zero attached hydrogens (tertiary/aromatic N) is 3. The quantitative estimate of drug-likeness (QED) is 0.674. The van der Waals surface area contributed by atoms with E-state index in [1.165, 1.54) is 10.6 Å². The molecule has 29 heavy (non-hydrogen) atoms. The molecule has 1 fully saturated rings. The number of hydrogen-bond donors (Lipinski definition) is 0. The van der Waals surface area contributed by atoms with Crippen molar-refractivity contribution in [1.82, 2.24) is 14.5 Å². The molecule has 1 amide bonds. The summed E-state index contributed by atoms with van der Waals surface area (Å²) in [5.41, 5.74) is 0.533. The Kier molecular flexibility index (Phi) is 5.43. The van der Waals surface area contributed by atoms with Crippen molar-refractivity contribution in [3.63, 3.8) is 0 Å². The van der Waals surface area contributed by atoms with Gasteiger partial charge >= 0.3 is 0 Å². The van der Waals surface area contributed by atoms with Crippen molar-refractivity contribution in [1.29, 1.82) is 0 Å². The number of pyridine rings is 2. The molecule has 1 atom stereocenters. The van der Waals surface area contributed by atoms with Crippen LogP contribution < -0.4 is 5.56 Å². The summed E-state index contributed by atoms with van der Waals surface area (Å²) in [4.78, 5) is 32.8. The number of rotatable bonds is 4. The number of benzene rings is 1. The Morgan fingerprint density at radius 3 is 2.83 bits per heavy atom. The van der Waals surface area contributed by atoms with Crippen LogP contribution in [0.3, 0.4) is 0 Å². The van der Waals surface area contributed by atoms with E-state index in [0.29, 0.717) is 23.1 Å². The third-order valence-corrected chi connectivity index (χ3v) is 5.72. The second-order valence-corrected chi connectivity index (χ2v) is 7.51. The fourth-order valence-electron chi connectivity index (χ4n) is 4.15. The Bertz CT molecular complexity index is 1110. The number of hydrogen-bond acceptors (Lipinski definition) is 3. The zero-order valence-electron chi connectivity index (χ0n) is 16.5. The smallest absolute Gasteiger partial charge is 0.265 e. The zero-order chi connectivity index (χ0) is 20.4. The second kappa shape index (κ2) is 8.15. The fraction of sp³-hybridized carbons (Fsp3) is 0.348. The molecule has 4 rings (SSSR count). The van der Waals surface area contributed by atoms with Gasteiger partial charge in [-0.15, -0.1) is 0 Å². The van der Waals surface area contributed by atoms with E-state index in [1.807, 2.05) is 11.0 Å². The van der Waals surface area contributed by atoms with Crippen molar-refractivity contribution in [2.24, 2.45) is 0 Å². The molecule has 0 N–H and O–H groups in total. The SMILES string of the molecule is CC[C@@H]1CCCCN1C(=O)c1cc2cccnc2n(Cc2ccccc2F)c1=O. The molecular weight excluding hydrogens is 369 g/mol. The largest absolute Gasteiger partial charge is 0.336 e. The van der Waals surface area contributed by atoms with Gasteiger partial charge < -0.3 is 4.90 Å². The van der Waals surface area contributed by atoms with Crippen molar-refractivity contribution in [2.45, 2.75) is 45.2 Å². The number of likely N-dealkylation sites (tertiary alicyclic amines) is 1. The minimum absolute atomic E-state index is 0.0251. The summed E-state index contributed by atoms with van der Waals surface area (Å²) in [6.07, 6.45) is 5.46. The predicted molar refractivity (Wildman–Crippen MR) is 110 cm³/mol. The van der Waals surface area contributed by atoms with Crippen LogP contribution >= 0.6 is 0 Å². The Morgan fingerprint density at radius 1 is 1.21 bits per heavy atom. The standard InChI is InChI=1S/C23H24FN3O2/c1-2-18-10-5-6-13-26(18)22(28)19-14-16-9-7-12-25-21(16)27(23(19)29)15-17-8-3-4-11-20(17)24/h3-4,7-9,11-12,14,18H,2,5-6,10,13,15H2,1H3/t18-/m1/s1. The molecule has 1 aliphatic rings. The number of piperidine rings is 1. The lowest BCUT2D eigenvalue weighted by molar-refractivity contribution is 0.0606. The van der Waals surface area contributed by atoms with Crippen LogP contribution in [-0.4, -0.2) is 32.9 Å². The Labute approximate surface area is 168 Å². The van der Waals surface area contributed by atoms with Crippen molar-refractivity contribution >= 4 is 16.9 Å². The topological polar surface area (TPSA) is 55.2 Å². The van der Waals surface area contributed by atoms with Gasteiger partial charge in [0.15, 0.2) is 0 Å². The normalized spacial score (nSPS) is 16.9. The Hall–Kier alpha value is -3.02. The summed E-state index contributed by atoms with van der Waals surface area (Å²) in [6.45, 7) is 2.75. The number of carbonyl (C=O) groups excluding carboxylic acids is 1. The highest BCUT2D eigenvalue weighted by Gasteiger charge is 2.28. The first-order chi connectivity index (χ1) is 14.1. The highest BCUT2D eigenvalue weighted by Crippen LogP contribution is 2.22. The van der Waals surface area contributed by atoms with Crippen LogP contribution in [0, 0.1) is 5.82 Å². The van der Waals surface area contributed by atoms with Gasteiger partial charge in [0.2, 0.25) is 0 Å². The average Bonchev–Trinajstić information content (AvgIpc) is 2.76. The van der Waals surface area contributed by atoms with E-state index in [2.05, 4.69) is 11.9 Å². The van der Waals surface area contributed by atoms with Crippen LogP contribution in [-0.2, 0) is 6.54 Å². The van der Waals surface area contributed by atoms with Crippen LogP contribution in [0.4, 0.5) is 4.39 Å². The van der Waals surface area contributed by atoms with E-state index < -0.39 is 5.56 Å². The number of carbonyl (C=O) groups is 1. The fourth-order valence-corrected chi connectivity index (χ4v) is 4.15. The maximum absolute atomic E-state index is 14.2. The van der Waals surface area contributed by atoms with Gasteiger partial charge in [0.25, 0.3) is 11.5 Å². The molecule has 150 valence electrons. The van der Waals surface area contributed by atoms with Gasteiger partial charge in [0.1, 0.15) is 17.0 Å². The van der Waals surface area contributed by atoms with Crippen molar-refractivity contribution in [3.05, 3.63) is 76.0 Å². The van der Waals surface area contributed by atoms with Crippen LogP contribution in [0.2, 0.25) is 0 Å². The number of halogens is 1. The van der Waals surface area contributed by atoms with Crippen LogP contribution in [0.5, 0.6) is 0 Å². The molecule has 0 aliphatic carbocycles. The number of fused-ring (bicyclic) bond motifs is 1. The van der Waals surface area contributed by atoms with E-state index >= 15 is 0 Å². The minimum atomic E-state index is -0.426. The summed E-state index contributed by atoms with van der Waals surface area (Å²) in [6, 6.07) is 11.7. The van der Waals surface area contributed by atoms with Gasteiger partial charge in [0, 0.05) is 29.7 Å². The van der Waals surface area contributed by atoms with E-state index in [-0.39, 0.29) is 29.9 Å². The van der Waals surface area contributed by atoms with Gasteiger partial charge in [0.05, 0.1) is 6.54 Å². The maximum atomic E-state index is 14.2. The molecule has 2 aromatic heterocycles. The van der Waals surface area contributed by atoms with Gasteiger partial charge in [-0.25, -0.2) is 9.37 Å². The summed E-state index contributed by atoms with van der Waals surface area (Å²) in [5, 5.41) is 0.692. The lowest BCUT2D eigenvalue weighted by atomic mass is 9.99. The molecular formula is C23H24FN3O2. The molecule has 1 aliphatic heterocycles. The first kappa shape index (κ1) is 19.3. The summed E-state index contributed by atoms with van der Waals surface area (Å²) in [5.74, 6) is -0.628. The predicted octanol–water partition coefficient (Wildman–Crippen LogP) is 3.99.